The number of thiophene rings is 1. The summed E-state index contributed by atoms with van der Waals surface area (Å²) in [6.07, 6.45) is 0. The molecule has 0 aliphatic carbocycles. The summed E-state index contributed by atoms with van der Waals surface area (Å²) in [5.74, 6) is 0. The normalized spacial score (nSPS) is 14.1. The second kappa shape index (κ2) is 10.3. The minimum atomic E-state index is -1.84. The molecule has 0 saturated heterocycles. The van der Waals surface area contributed by atoms with Crippen LogP contribution in [0.25, 0.3) is 42.4 Å². The van der Waals surface area contributed by atoms with Gasteiger partial charge in [0.15, 0.2) is 0 Å². The van der Waals surface area contributed by atoms with E-state index in [1.807, 2.05) is 11.3 Å². The zero-order valence-electron chi connectivity index (χ0n) is 26.8. The van der Waals surface area contributed by atoms with Crippen molar-refractivity contribution >= 4 is 84.1 Å². The van der Waals surface area contributed by atoms with Gasteiger partial charge in [0.05, 0.1) is 11.4 Å². The maximum Gasteiger partial charge on any atom is 0.113 e. The van der Waals surface area contributed by atoms with Gasteiger partial charge in [-0.1, -0.05) is 104 Å². The van der Waals surface area contributed by atoms with Gasteiger partial charge in [-0.05, 0) is 99.4 Å². The molecule has 228 valence electrons. The van der Waals surface area contributed by atoms with Gasteiger partial charge in [-0.25, -0.2) is 0 Å². The van der Waals surface area contributed by atoms with Crippen LogP contribution in [0.2, 0.25) is 13.1 Å². The first-order valence-corrected chi connectivity index (χ1v) is 20.4. The molecule has 0 saturated carbocycles. The molecule has 0 N–H and O–H groups in total. The summed E-state index contributed by atoms with van der Waals surface area (Å²) in [7, 11) is -1.84. The van der Waals surface area contributed by atoms with Crippen molar-refractivity contribution in [1.82, 2.24) is 0 Å². The maximum atomic E-state index is 2.50. The van der Waals surface area contributed by atoms with Crippen LogP contribution in [0.3, 0.4) is 0 Å². The molecular weight excluding hydrogens is 617 g/mol. The van der Waals surface area contributed by atoms with Crippen LogP contribution >= 0.6 is 11.3 Å². The Morgan fingerprint density at radius 1 is 0.417 bits per heavy atom. The van der Waals surface area contributed by atoms with E-state index in [4.69, 9.17) is 0 Å². The van der Waals surface area contributed by atoms with Gasteiger partial charge in [-0.2, -0.15) is 0 Å². The van der Waals surface area contributed by atoms with Gasteiger partial charge >= 0.3 is 0 Å². The van der Waals surface area contributed by atoms with Crippen molar-refractivity contribution in [2.75, 3.05) is 9.80 Å². The Hall–Kier alpha value is -5.42. The van der Waals surface area contributed by atoms with E-state index >= 15 is 0 Å². The quantitative estimate of drug-likeness (QED) is 0.176. The van der Waals surface area contributed by atoms with Crippen molar-refractivity contribution in [2.24, 2.45) is 0 Å². The molecule has 2 nitrogen and oxygen atoms in total. The zero-order chi connectivity index (χ0) is 32.0. The molecule has 7 aromatic carbocycles. The van der Waals surface area contributed by atoms with Crippen LogP contribution in [0, 0.1) is 0 Å². The summed E-state index contributed by atoms with van der Waals surface area (Å²) >= 11 is 1.88. The largest absolute Gasteiger partial charge is 0.310 e. The molecule has 10 rings (SSSR count). The molecule has 0 atom stereocenters. The van der Waals surface area contributed by atoms with Crippen molar-refractivity contribution in [3.63, 3.8) is 0 Å². The molecular formula is C44H32N2SSi. The molecule has 0 fully saturated rings. The first-order chi connectivity index (χ1) is 23.6. The highest BCUT2D eigenvalue weighted by Gasteiger charge is 2.37. The Morgan fingerprint density at radius 3 is 1.56 bits per heavy atom. The van der Waals surface area contributed by atoms with Gasteiger partial charge in [-0.15, -0.1) is 11.3 Å². The summed E-state index contributed by atoms with van der Waals surface area (Å²) in [4.78, 5) is 4.93. The third kappa shape index (κ3) is 3.97. The van der Waals surface area contributed by atoms with E-state index in [0.717, 1.165) is 22.7 Å². The van der Waals surface area contributed by atoms with Crippen LogP contribution < -0.4 is 20.2 Å². The number of benzene rings is 7. The van der Waals surface area contributed by atoms with Crippen LogP contribution in [-0.4, -0.2) is 8.07 Å². The lowest BCUT2D eigenvalue weighted by atomic mass is 9.99. The van der Waals surface area contributed by atoms with Crippen molar-refractivity contribution < 1.29 is 0 Å². The van der Waals surface area contributed by atoms with Crippen LogP contribution in [-0.2, 0) is 0 Å². The average Bonchev–Trinajstić information content (AvgIpc) is 3.63. The molecule has 1 aromatic heterocycles. The van der Waals surface area contributed by atoms with E-state index in [2.05, 4.69) is 181 Å². The topological polar surface area (TPSA) is 6.48 Å². The Kier molecular flexibility index (Phi) is 5.93. The molecule has 0 spiro atoms. The molecule has 2 aliphatic heterocycles. The first kappa shape index (κ1) is 27.7. The summed E-state index contributed by atoms with van der Waals surface area (Å²) in [6.45, 7) is 5.00. The lowest BCUT2D eigenvalue weighted by molar-refractivity contribution is 1.27. The van der Waals surface area contributed by atoms with Gasteiger partial charge in [0.1, 0.15) is 8.07 Å². The number of hydrogen-bond acceptors (Lipinski definition) is 3. The van der Waals surface area contributed by atoms with E-state index < -0.39 is 8.07 Å². The van der Waals surface area contributed by atoms with Crippen molar-refractivity contribution in [3.8, 4) is 22.3 Å². The Balaban J connectivity index is 1.30. The van der Waals surface area contributed by atoms with Gasteiger partial charge in [0, 0.05) is 42.9 Å². The Morgan fingerprint density at radius 2 is 0.958 bits per heavy atom. The number of hydrogen-bond donors (Lipinski definition) is 0. The third-order valence-electron chi connectivity index (χ3n) is 10.3. The van der Waals surface area contributed by atoms with Crippen LogP contribution in [0.5, 0.6) is 0 Å². The minimum Gasteiger partial charge on any atom is -0.310 e. The molecule has 8 aromatic rings. The van der Waals surface area contributed by atoms with Gasteiger partial charge < -0.3 is 9.80 Å². The molecule has 4 heteroatoms. The van der Waals surface area contributed by atoms with Gasteiger partial charge in [0.25, 0.3) is 0 Å². The predicted molar refractivity (Wildman–Crippen MR) is 210 cm³/mol. The first-order valence-electron chi connectivity index (χ1n) is 16.6. The Labute approximate surface area is 285 Å². The molecule has 0 radical (unpaired) electrons. The monoisotopic (exact) mass is 648 g/mol. The molecule has 48 heavy (non-hydrogen) atoms. The number of rotatable bonds is 3. The van der Waals surface area contributed by atoms with Gasteiger partial charge in [-0.3, -0.25) is 0 Å². The number of para-hydroxylation sites is 2. The summed E-state index contributed by atoms with van der Waals surface area (Å²) < 4.78 is 2.59. The highest BCUT2D eigenvalue weighted by atomic mass is 32.1. The fourth-order valence-corrected chi connectivity index (χ4v) is 12.4. The van der Waals surface area contributed by atoms with E-state index in [1.54, 1.807) is 0 Å². The predicted octanol–water partition coefficient (Wildman–Crippen LogP) is 11.8. The SMILES string of the molecule is C[Si]1(C)c2ccccc2-c2ccc(-c3cc4cc(c3)N(c3ccccc3)c3cccc5sc6cccc(c6c35)N4c3ccccc3)cc21. The minimum absolute atomic E-state index is 1.15. The van der Waals surface area contributed by atoms with Gasteiger partial charge in [0.2, 0.25) is 0 Å². The summed E-state index contributed by atoms with van der Waals surface area (Å²) in [5.41, 5.74) is 12.3. The third-order valence-corrected chi connectivity index (χ3v) is 15.0. The van der Waals surface area contributed by atoms with E-state index in [9.17, 15) is 0 Å². The second-order valence-electron chi connectivity index (χ2n) is 13.4. The number of nitrogens with zero attached hydrogens (tertiary/aromatic N) is 2. The highest BCUT2D eigenvalue weighted by molar-refractivity contribution is 7.26. The van der Waals surface area contributed by atoms with Crippen LogP contribution in [0.15, 0.2) is 158 Å². The standard InChI is InChI=1S/C44H32N2SSi/c1-48(2)41-22-10-9-17-35(41)36-24-23-29(27-42(36)48)30-25-33-28-34(26-30)46(32-15-7-4-8-16-32)38-19-12-21-40-44(38)43-37(18-11-20-39(43)47-40)45(33)31-13-5-3-6-14-31/h3-28H,1-2H3. The fourth-order valence-electron chi connectivity index (χ4n) is 8.12. The average molecular weight is 649 g/mol. The molecule has 0 unspecified atom stereocenters. The molecule has 2 bridgehead atoms. The van der Waals surface area contributed by atoms with Crippen LogP contribution in [0.4, 0.5) is 34.1 Å². The van der Waals surface area contributed by atoms with Crippen molar-refractivity contribution in [3.05, 3.63) is 158 Å². The maximum absolute atomic E-state index is 2.50. The molecule has 0 amide bonds. The Bertz CT molecular complexity index is 2430. The van der Waals surface area contributed by atoms with E-state index in [1.165, 1.54) is 64.2 Å². The van der Waals surface area contributed by atoms with E-state index in [0.29, 0.717) is 0 Å². The van der Waals surface area contributed by atoms with Crippen molar-refractivity contribution in [1.29, 1.82) is 0 Å². The number of fused-ring (bicyclic) bond motifs is 5. The lowest BCUT2D eigenvalue weighted by Gasteiger charge is -2.29. The van der Waals surface area contributed by atoms with Crippen LogP contribution in [0.1, 0.15) is 0 Å². The number of anilines is 6. The van der Waals surface area contributed by atoms with E-state index in [-0.39, 0.29) is 0 Å². The van der Waals surface area contributed by atoms with Crippen molar-refractivity contribution in [2.45, 2.75) is 13.1 Å². The lowest BCUT2D eigenvalue weighted by Crippen LogP contribution is -2.49. The zero-order valence-corrected chi connectivity index (χ0v) is 28.6. The fraction of sp³-hybridized carbons (Fsp3) is 0.0455. The molecule has 2 aliphatic rings. The second-order valence-corrected chi connectivity index (χ2v) is 18.8. The smallest absolute Gasteiger partial charge is 0.113 e. The summed E-state index contributed by atoms with van der Waals surface area (Å²) in [5, 5.41) is 5.65. The highest BCUT2D eigenvalue weighted by Crippen LogP contribution is 2.52. The summed E-state index contributed by atoms with van der Waals surface area (Å²) in [6, 6.07) is 58.7. The molecule has 3 heterocycles.